The first-order valence-corrected chi connectivity index (χ1v) is 13.5. The number of para-hydroxylation sites is 1. The molecule has 1 amide bonds. The average Bonchev–Trinajstić information content (AvgIpc) is 3.34. The van der Waals surface area contributed by atoms with Gasteiger partial charge in [0.15, 0.2) is 11.5 Å². The molecule has 0 fully saturated rings. The Morgan fingerprint density at radius 3 is 2.56 bits per heavy atom. The van der Waals surface area contributed by atoms with Gasteiger partial charge in [0.05, 0.1) is 17.1 Å². The summed E-state index contributed by atoms with van der Waals surface area (Å²) < 4.78 is 3.71. The van der Waals surface area contributed by atoms with Gasteiger partial charge in [0, 0.05) is 51.5 Å². The van der Waals surface area contributed by atoms with Crippen molar-refractivity contribution in [1.82, 2.24) is 29.5 Å². The first-order chi connectivity index (χ1) is 19.9. The summed E-state index contributed by atoms with van der Waals surface area (Å²) in [5, 5.41) is 8.33. The van der Waals surface area contributed by atoms with E-state index in [1.807, 2.05) is 67.6 Å². The minimum Gasteiger partial charge on any atom is -0.381 e. The first-order valence-electron chi connectivity index (χ1n) is 12.7. The Balaban J connectivity index is 1.52. The third kappa shape index (κ3) is 4.73. The van der Waals surface area contributed by atoms with Gasteiger partial charge in [-0.3, -0.25) is 19.1 Å². The monoisotopic (exact) mass is 603 g/mol. The predicted molar refractivity (Wildman–Crippen MR) is 161 cm³/mol. The number of carbonyl (C=O) groups excluding carboxylic acids is 1. The number of hydrogen-bond donors (Lipinski definition) is 2. The Labute approximate surface area is 242 Å². The molecule has 4 heterocycles. The van der Waals surface area contributed by atoms with E-state index < -0.39 is 11.9 Å². The van der Waals surface area contributed by atoms with Crippen LogP contribution in [0, 0.1) is 11.8 Å². The predicted octanol–water partition coefficient (Wildman–Crippen LogP) is 4.66. The number of nitrogens with zero attached hydrogens (tertiary/aromatic N) is 5. The van der Waals surface area contributed by atoms with E-state index >= 15 is 0 Å². The highest BCUT2D eigenvalue weighted by Crippen LogP contribution is 2.33. The molecule has 6 aromatic rings. The number of rotatable bonds is 4. The third-order valence-corrected chi connectivity index (χ3v) is 7.46. The van der Waals surface area contributed by atoms with E-state index in [9.17, 15) is 9.59 Å². The van der Waals surface area contributed by atoms with Crippen LogP contribution < -0.4 is 16.6 Å². The zero-order chi connectivity index (χ0) is 28.5. The maximum atomic E-state index is 14.3. The number of nitrogens with one attached hydrogen (secondary N) is 1. The molecule has 0 spiro atoms. The number of amides is 1. The van der Waals surface area contributed by atoms with E-state index in [0.29, 0.717) is 37.8 Å². The van der Waals surface area contributed by atoms with Gasteiger partial charge in [-0.1, -0.05) is 42.2 Å². The zero-order valence-electron chi connectivity index (χ0n) is 21.7. The average molecular weight is 604 g/mol. The lowest BCUT2D eigenvalue weighted by Crippen LogP contribution is -2.33. The number of carbonyl (C=O) groups is 1. The number of fused-ring (bicyclic) bond motifs is 2. The standard InChI is InChI=1S/C31H22BrN7O2/c1-19(36-30(40)25-28(33)37-38-18-6-15-35-29(25)38)27-26(32)23-10-5-7-21(12-11-20-13-16-34-17-14-20)24(23)31(41)39(27)22-8-3-2-4-9-22/h2-10,13-19H,1H3,(H2,33,37)(H,36,40). The van der Waals surface area contributed by atoms with E-state index in [-0.39, 0.29) is 16.9 Å². The van der Waals surface area contributed by atoms with Crippen LogP contribution in [0.2, 0.25) is 0 Å². The molecule has 6 rings (SSSR count). The topological polar surface area (TPSA) is 120 Å². The summed E-state index contributed by atoms with van der Waals surface area (Å²) >= 11 is 3.77. The molecule has 9 nitrogen and oxygen atoms in total. The van der Waals surface area contributed by atoms with Crippen molar-refractivity contribution in [2.24, 2.45) is 0 Å². The second-order valence-corrected chi connectivity index (χ2v) is 10.0. The Hall–Kier alpha value is -5.27. The smallest absolute Gasteiger partial charge is 0.264 e. The van der Waals surface area contributed by atoms with Gasteiger partial charge in [-0.25, -0.2) is 9.50 Å². The van der Waals surface area contributed by atoms with E-state index in [4.69, 9.17) is 5.73 Å². The van der Waals surface area contributed by atoms with Crippen LogP contribution in [-0.4, -0.2) is 30.1 Å². The highest BCUT2D eigenvalue weighted by Gasteiger charge is 2.26. The Bertz CT molecular complexity index is 2060. The molecule has 3 N–H and O–H groups in total. The lowest BCUT2D eigenvalue weighted by atomic mass is 10.0. The van der Waals surface area contributed by atoms with Gasteiger partial charge >= 0.3 is 0 Å². The van der Waals surface area contributed by atoms with Crippen LogP contribution in [0.3, 0.4) is 0 Å². The molecular weight excluding hydrogens is 582 g/mol. The van der Waals surface area contributed by atoms with Crippen molar-refractivity contribution in [3.63, 3.8) is 0 Å². The molecule has 0 aliphatic heterocycles. The summed E-state index contributed by atoms with van der Waals surface area (Å²) in [5.41, 5.74) is 8.91. The molecule has 4 aromatic heterocycles. The van der Waals surface area contributed by atoms with Crippen LogP contribution in [-0.2, 0) is 0 Å². The van der Waals surface area contributed by atoms with Gasteiger partial charge < -0.3 is 11.1 Å². The van der Waals surface area contributed by atoms with Crippen molar-refractivity contribution in [1.29, 1.82) is 0 Å². The molecule has 0 saturated carbocycles. The second kappa shape index (κ2) is 10.7. The van der Waals surface area contributed by atoms with Crippen LogP contribution in [0.4, 0.5) is 5.82 Å². The summed E-state index contributed by atoms with van der Waals surface area (Å²) in [7, 11) is 0. The quantitative estimate of drug-likeness (QED) is 0.283. The van der Waals surface area contributed by atoms with Crippen LogP contribution in [0.25, 0.3) is 22.1 Å². The molecule has 0 aliphatic carbocycles. The number of aromatic nitrogens is 5. The summed E-state index contributed by atoms with van der Waals surface area (Å²) in [5.74, 6) is 5.88. The number of pyridine rings is 2. The summed E-state index contributed by atoms with van der Waals surface area (Å²) in [6.07, 6.45) is 6.58. The van der Waals surface area contributed by atoms with Gasteiger partial charge in [0.2, 0.25) is 0 Å². The number of hydrogen-bond acceptors (Lipinski definition) is 6. The number of nitrogen functional groups attached to an aromatic ring is 1. The van der Waals surface area contributed by atoms with Gasteiger partial charge in [-0.05, 0) is 59.3 Å². The molecule has 200 valence electrons. The Morgan fingerprint density at radius 2 is 1.78 bits per heavy atom. The number of halogens is 1. The van der Waals surface area contributed by atoms with E-state index in [2.05, 4.69) is 48.2 Å². The number of anilines is 1. The third-order valence-electron chi connectivity index (χ3n) is 6.63. The van der Waals surface area contributed by atoms with Crippen molar-refractivity contribution in [3.05, 3.63) is 129 Å². The summed E-state index contributed by atoms with van der Waals surface area (Å²) in [6.45, 7) is 1.81. The van der Waals surface area contributed by atoms with Gasteiger partial charge in [0.1, 0.15) is 5.56 Å². The fourth-order valence-electron chi connectivity index (χ4n) is 4.78. The van der Waals surface area contributed by atoms with Crippen LogP contribution in [0.5, 0.6) is 0 Å². The molecule has 0 bridgehead atoms. The van der Waals surface area contributed by atoms with Crippen LogP contribution in [0.15, 0.2) is 101 Å². The highest BCUT2D eigenvalue weighted by atomic mass is 79.9. The SMILES string of the molecule is CC(NC(=O)c1c(N)nn2cccnc12)c1c(Br)c2cccc(C#Cc3ccncc3)c2c(=O)n1-c1ccccc1. The zero-order valence-corrected chi connectivity index (χ0v) is 23.3. The molecule has 1 atom stereocenters. The summed E-state index contributed by atoms with van der Waals surface area (Å²) in [6, 6.07) is 19.5. The molecule has 41 heavy (non-hydrogen) atoms. The van der Waals surface area contributed by atoms with Crippen LogP contribution in [0.1, 0.15) is 40.1 Å². The second-order valence-electron chi connectivity index (χ2n) is 9.23. The minimum atomic E-state index is -0.626. The van der Waals surface area contributed by atoms with Crippen molar-refractivity contribution in [3.8, 4) is 17.5 Å². The van der Waals surface area contributed by atoms with E-state index in [1.165, 1.54) is 4.52 Å². The molecule has 0 radical (unpaired) electrons. The Morgan fingerprint density at radius 1 is 1.00 bits per heavy atom. The van der Waals surface area contributed by atoms with Crippen molar-refractivity contribution in [2.75, 3.05) is 5.73 Å². The minimum absolute atomic E-state index is 0.0591. The first kappa shape index (κ1) is 26.0. The largest absolute Gasteiger partial charge is 0.381 e. The lowest BCUT2D eigenvalue weighted by Gasteiger charge is -2.23. The fourth-order valence-corrected chi connectivity index (χ4v) is 5.63. The maximum absolute atomic E-state index is 14.3. The summed E-state index contributed by atoms with van der Waals surface area (Å²) in [4.78, 5) is 36.1. The van der Waals surface area contributed by atoms with Gasteiger partial charge in [-0.15, -0.1) is 5.10 Å². The maximum Gasteiger partial charge on any atom is 0.264 e. The number of benzene rings is 2. The highest BCUT2D eigenvalue weighted by molar-refractivity contribution is 9.10. The molecule has 2 aromatic carbocycles. The molecule has 10 heteroatoms. The van der Waals surface area contributed by atoms with Gasteiger partial charge in [-0.2, -0.15) is 0 Å². The molecule has 0 saturated heterocycles. The van der Waals surface area contributed by atoms with Crippen molar-refractivity contribution < 1.29 is 4.79 Å². The number of nitrogens with two attached hydrogens (primary N) is 1. The molecular formula is C31H22BrN7O2. The van der Waals surface area contributed by atoms with Crippen molar-refractivity contribution >= 4 is 44.1 Å². The van der Waals surface area contributed by atoms with Gasteiger partial charge in [0.25, 0.3) is 11.5 Å². The fraction of sp³-hybridized carbons (Fsp3) is 0.0645. The van der Waals surface area contributed by atoms with E-state index in [1.54, 1.807) is 35.4 Å². The van der Waals surface area contributed by atoms with E-state index in [0.717, 1.165) is 5.56 Å². The lowest BCUT2D eigenvalue weighted by molar-refractivity contribution is 0.0941. The molecule has 0 aliphatic rings. The Kier molecular flexibility index (Phi) is 6.79. The van der Waals surface area contributed by atoms with Crippen LogP contribution >= 0.6 is 15.9 Å². The normalized spacial score (nSPS) is 11.7. The molecule has 1 unspecified atom stereocenters. The van der Waals surface area contributed by atoms with Crippen molar-refractivity contribution in [2.45, 2.75) is 13.0 Å².